The van der Waals surface area contributed by atoms with Crippen LogP contribution in [0.4, 0.5) is 8.78 Å². The van der Waals surface area contributed by atoms with Gasteiger partial charge in [0.25, 0.3) is 0 Å². The van der Waals surface area contributed by atoms with Gasteiger partial charge in [-0.2, -0.15) is 0 Å². The standard InChI is InChI=1S/C16H26F2N2/c1-6-8-19-15(16(3,7-2)20(4)5)12-9-13(17)11-14(18)10-12/h9-11,15,19H,6-8H2,1-5H3. The van der Waals surface area contributed by atoms with E-state index in [1.807, 2.05) is 14.1 Å². The minimum Gasteiger partial charge on any atom is -0.308 e. The fraction of sp³-hybridized carbons (Fsp3) is 0.625. The van der Waals surface area contributed by atoms with Crippen LogP contribution >= 0.6 is 0 Å². The van der Waals surface area contributed by atoms with Crippen molar-refractivity contribution in [3.05, 3.63) is 35.4 Å². The number of likely N-dealkylation sites (N-methyl/N-ethyl adjacent to an activating group) is 1. The average molecular weight is 284 g/mol. The lowest BCUT2D eigenvalue weighted by Crippen LogP contribution is -2.51. The van der Waals surface area contributed by atoms with Crippen LogP contribution in [-0.2, 0) is 0 Å². The highest BCUT2D eigenvalue weighted by Crippen LogP contribution is 2.33. The van der Waals surface area contributed by atoms with E-state index in [1.54, 1.807) is 0 Å². The van der Waals surface area contributed by atoms with Gasteiger partial charge in [-0.1, -0.05) is 13.8 Å². The SMILES string of the molecule is CCCNC(c1cc(F)cc(F)c1)C(C)(CC)N(C)C. The molecule has 1 rings (SSSR count). The quantitative estimate of drug-likeness (QED) is 0.820. The molecule has 4 heteroatoms. The highest BCUT2D eigenvalue weighted by Gasteiger charge is 2.35. The van der Waals surface area contributed by atoms with E-state index in [0.29, 0.717) is 5.56 Å². The normalized spacial score (nSPS) is 16.2. The van der Waals surface area contributed by atoms with Crippen molar-refractivity contribution in [2.24, 2.45) is 0 Å². The first kappa shape index (κ1) is 17.1. The summed E-state index contributed by atoms with van der Waals surface area (Å²) in [6, 6.07) is 3.65. The molecule has 20 heavy (non-hydrogen) atoms. The van der Waals surface area contributed by atoms with Crippen molar-refractivity contribution in [2.75, 3.05) is 20.6 Å². The number of nitrogens with zero attached hydrogens (tertiary/aromatic N) is 1. The van der Waals surface area contributed by atoms with E-state index < -0.39 is 11.6 Å². The molecule has 1 aromatic rings. The monoisotopic (exact) mass is 284 g/mol. The summed E-state index contributed by atoms with van der Waals surface area (Å²) in [5.41, 5.74) is 0.448. The zero-order chi connectivity index (χ0) is 15.3. The van der Waals surface area contributed by atoms with Gasteiger partial charge in [-0.05, 0) is 58.1 Å². The van der Waals surface area contributed by atoms with Gasteiger partial charge in [-0.15, -0.1) is 0 Å². The van der Waals surface area contributed by atoms with Gasteiger partial charge < -0.3 is 10.2 Å². The summed E-state index contributed by atoms with van der Waals surface area (Å²) in [6.45, 7) is 7.10. The first-order valence-electron chi connectivity index (χ1n) is 7.22. The molecule has 1 aromatic carbocycles. The number of nitrogens with one attached hydrogen (secondary N) is 1. The summed E-state index contributed by atoms with van der Waals surface area (Å²) >= 11 is 0. The predicted octanol–water partition coefficient (Wildman–Crippen LogP) is 3.74. The Morgan fingerprint density at radius 1 is 1.15 bits per heavy atom. The minimum atomic E-state index is -0.527. The Bertz CT molecular complexity index is 414. The largest absolute Gasteiger partial charge is 0.308 e. The fourth-order valence-corrected chi connectivity index (χ4v) is 2.51. The number of rotatable bonds is 7. The van der Waals surface area contributed by atoms with Gasteiger partial charge in [0.2, 0.25) is 0 Å². The van der Waals surface area contributed by atoms with Gasteiger partial charge in [0.1, 0.15) is 11.6 Å². The first-order chi connectivity index (χ1) is 9.35. The van der Waals surface area contributed by atoms with Crippen molar-refractivity contribution in [2.45, 2.75) is 45.2 Å². The molecule has 2 unspecified atom stereocenters. The zero-order valence-electron chi connectivity index (χ0n) is 13.1. The van der Waals surface area contributed by atoms with Crippen LogP contribution in [0.5, 0.6) is 0 Å². The van der Waals surface area contributed by atoms with Crippen molar-refractivity contribution < 1.29 is 8.78 Å². The third-order valence-electron chi connectivity index (χ3n) is 4.18. The van der Waals surface area contributed by atoms with Crippen molar-refractivity contribution in [1.29, 1.82) is 0 Å². The summed E-state index contributed by atoms with van der Waals surface area (Å²) in [5, 5.41) is 3.44. The minimum absolute atomic E-state index is 0.118. The highest BCUT2D eigenvalue weighted by atomic mass is 19.1. The summed E-state index contributed by atoms with van der Waals surface area (Å²) in [5.74, 6) is -1.05. The van der Waals surface area contributed by atoms with Crippen LogP contribution in [0.1, 0.15) is 45.2 Å². The van der Waals surface area contributed by atoms with E-state index in [2.05, 4.69) is 31.0 Å². The second kappa shape index (κ2) is 7.14. The van der Waals surface area contributed by atoms with E-state index in [1.165, 1.54) is 12.1 Å². The second-order valence-electron chi connectivity index (χ2n) is 5.70. The van der Waals surface area contributed by atoms with Crippen LogP contribution in [0.3, 0.4) is 0 Å². The van der Waals surface area contributed by atoms with Crippen LogP contribution in [-0.4, -0.2) is 31.1 Å². The number of benzene rings is 1. The van der Waals surface area contributed by atoms with Crippen molar-refractivity contribution in [1.82, 2.24) is 10.2 Å². The lowest BCUT2D eigenvalue weighted by atomic mass is 9.83. The second-order valence-corrected chi connectivity index (χ2v) is 5.70. The smallest absolute Gasteiger partial charge is 0.126 e. The van der Waals surface area contributed by atoms with Crippen LogP contribution in [0, 0.1) is 11.6 Å². The topological polar surface area (TPSA) is 15.3 Å². The molecule has 0 aliphatic heterocycles. The molecule has 0 saturated heterocycles. The van der Waals surface area contributed by atoms with E-state index >= 15 is 0 Å². The summed E-state index contributed by atoms with van der Waals surface area (Å²) in [4.78, 5) is 2.11. The molecule has 0 saturated carbocycles. The molecule has 1 N–H and O–H groups in total. The zero-order valence-corrected chi connectivity index (χ0v) is 13.1. The molecule has 0 aliphatic carbocycles. The molecule has 0 amide bonds. The number of halogens is 2. The van der Waals surface area contributed by atoms with E-state index in [4.69, 9.17) is 0 Å². The van der Waals surface area contributed by atoms with Crippen LogP contribution in [0.2, 0.25) is 0 Å². The molecule has 0 aromatic heterocycles. The van der Waals surface area contributed by atoms with Crippen LogP contribution in [0.15, 0.2) is 18.2 Å². The molecule has 0 fully saturated rings. The number of hydrogen-bond donors (Lipinski definition) is 1. The predicted molar refractivity (Wildman–Crippen MR) is 79.8 cm³/mol. The van der Waals surface area contributed by atoms with E-state index in [-0.39, 0.29) is 11.6 Å². The molecular formula is C16H26F2N2. The Labute approximate surface area is 121 Å². The van der Waals surface area contributed by atoms with Gasteiger partial charge in [0, 0.05) is 11.6 Å². The third-order valence-corrected chi connectivity index (χ3v) is 4.18. The maximum absolute atomic E-state index is 13.5. The Morgan fingerprint density at radius 2 is 1.70 bits per heavy atom. The van der Waals surface area contributed by atoms with Crippen LogP contribution < -0.4 is 5.32 Å². The molecule has 0 bridgehead atoms. The van der Waals surface area contributed by atoms with Gasteiger partial charge in [-0.25, -0.2) is 8.78 Å². The lowest BCUT2D eigenvalue weighted by molar-refractivity contribution is 0.112. The average Bonchev–Trinajstić information content (AvgIpc) is 2.37. The molecule has 0 radical (unpaired) electrons. The summed E-state index contributed by atoms with van der Waals surface area (Å²) in [6.07, 6.45) is 1.85. The molecule has 114 valence electrons. The van der Waals surface area contributed by atoms with Gasteiger partial charge in [0.05, 0.1) is 6.04 Å². The van der Waals surface area contributed by atoms with Gasteiger partial charge in [0.15, 0.2) is 0 Å². The van der Waals surface area contributed by atoms with Gasteiger partial charge >= 0.3 is 0 Å². The maximum atomic E-state index is 13.5. The first-order valence-corrected chi connectivity index (χ1v) is 7.22. The Hall–Kier alpha value is -1.00. The lowest BCUT2D eigenvalue weighted by Gasteiger charge is -2.43. The summed E-state index contributed by atoms with van der Waals surface area (Å²) in [7, 11) is 4.00. The Morgan fingerprint density at radius 3 is 2.10 bits per heavy atom. The molecule has 2 nitrogen and oxygen atoms in total. The van der Waals surface area contributed by atoms with E-state index in [0.717, 1.165) is 25.5 Å². The van der Waals surface area contributed by atoms with Crippen molar-refractivity contribution in [3.63, 3.8) is 0 Å². The van der Waals surface area contributed by atoms with Crippen molar-refractivity contribution >= 4 is 0 Å². The van der Waals surface area contributed by atoms with Crippen LogP contribution in [0.25, 0.3) is 0 Å². The Balaban J connectivity index is 3.23. The number of hydrogen-bond acceptors (Lipinski definition) is 2. The van der Waals surface area contributed by atoms with E-state index in [9.17, 15) is 8.78 Å². The molecule has 0 aliphatic rings. The van der Waals surface area contributed by atoms with Crippen molar-refractivity contribution in [3.8, 4) is 0 Å². The maximum Gasteiger partial charge on any atom is 0.126 e. The molecule has 0 heterocycles. The summed E-state index contributed by atoms with van der Waals surface area (Å²) < 4.78 is 27.0. The fourth-order valence-electron chi connectivity index (χ4n) is 2.51. The molecule has 2 atom stereocenters. The highest BCUT2D eigenvalue weighted by molar-refractivity contribution is 5.25. The third kappa shape index (κ3) is 3.76. The molecule has 0 spiro atoms. The molecular weight excluding hydrogens is 258 g/mol. The van der Waals surface area contributed by atoms with Gasteiger partial charge in [-0.3, -0.25) is 0 Å². The Kier molecular flexibility index (Phi) is 6.08.